The first-order valence-corrected chi connectivity index (χ1v) is 11.8. The molecule has 0 N–H and O–H groups in total. The Morgan fingerprint density at radius 2 is 1.49 bits per heavy atom. The third kappa shape index (κ3) is 6.84. The Labute approximate surface area is 205 Å². The van der Waals surface area contributed by atoms with Crippen molar-refractivity contribution in [2.24, 2.45) is 0 Å². The van der Waals surface area contributed by atoms with Gasteiger partial charge in [-0.05, 0) is 41.5 Å². The van der Waals surface area contributed by atoms with Crippen LogP contribution in [0.15, 0.2) is 72.5 Å². The highest BCUT2D eigenvalue weighted by Gasteiger charge is 2.24. The van der Waals surface area contributed by atoms with Crippen LogP contribution < -0.4 is 9.47 Å². The summed E-state index contributed by atoms with van der Waals surface area (Å²) in [5.74, 6) is 0. The number of nitrogens with zero attached hydrogens (tertiary/aromatic N) is 2. The summed E-state index contributed by atoms with van der Waals surface area (Å²) in [5, 5.41) is 0. The van der Waals surface area contributed by atoms with E-state index in [1.807, 2.05) is 0 Å². The van der Waals surface area contributed by atoms with Crippen molar-refractivity contribution in [3.05, 3.63) is 95.0 Å². The number of fused-ring (bicyclic) bond motifs is 2. The molecule has 0 saturated carbocycles. The van der Waals surface area contributed by atoms with E-state index >= 15 is 0 Å². The van der Waals surface area contributed by atoms with E-state index in [0.29, 0.717) is 0 Å². The smallest absolute Gasteiger partial charge is 0.418 e. The van der Waals surface area contributed by atoms with E-state index in [9.17, 15) is 17.3 Å². The Bertz CT molecular complexity index is 1180. The summed E-state index contributed by atoms with van der Waals surface area (Å²) in [4.78, 5) is 2.24. The Morgan fingerprint density at radius 3 is 2.09 bits per heavy atom. The van der Waals surface area contributed by atoms with Gasteiger partial charge in [0, 0.05) is 38.7 Å². The van der Waals surface area contributed by atoms with Crippen molar-refractivity contribution in [3.8, 4) is 11.1 Å². The molecule has 0 aromatic heterocycles. The van der Waals surface area contributed by atoms with Gasteiger partial charge in [-0.2, -0.15) is 4.57 Å². The van der Waals surface area contributed by atoms with Gasteiger partial charge in [-0.15, -0.1) is 0 Å². The first kappa shape index (κ1) is 26.3. The topological polar surface area (TPSA) is 7.12 Å². The molecule has 1 aliphatic carbocycles. The molecule has 3 aliphatic rings. The number of allylic oxidation sites excluding steroid dienone is 3. The second kappa shape index (κ2) is 11.4. The van der Waals surface area contributed by atoms with Crippen LogP contribution in [0.1, 0.15) is 42.3 Å². The van der Waals surface area contributed by atoms with Gasteiger partial charge in [-0.25, -0.2) is 0 Å². The molecule has 0 unspecified atom stereocenters. The minimum atomic E-state index is -6.00. The van der Waals surface area contributed by atoms with Gasteiger partial charge in [-0.3, -0.25) is 0 Å². The molecule has 0 spiro atoms. The van der Waals surface area contributed by atoms with Gasteiger partial charge >= 0.3 is 7.25 Å². The van der Waals surface area contributed by atoms with Crippen molar-refractivity contribution in [3.63, 3.8) is 0 Å². The lowest BCUT2D eigenvalue weighted by atomic mass is 10.1. The number of aromatic nitrogens is 1. The molecule has 2 aliphatic heterocycles. The van der Waals surface area contributed by atoms with Gasteiger partial charge in [0.15, 0.2) is 11.4 Å². The monoisotopic (exact) mass is 482 g/mol. The number of halogens is 4. The van der Waals surface area contributed by atoms with Gasteiger partial charge in [-0.1, -0.05) is 61.9 Å². The number of rotatable bonds is 5. The maximum Gasteiger partial charge on any atom is 0.673 e. The van der Waals surface area contributed by atoms with Crippen LogP contribution in [-0.2, 0) is 6.54 Å². The lowest BCUT2D eigenvalue weighted by Crippen LogP contribution is -2.37. The highest BCUT2D eigenvalue weighted by Crippen LogP contribution is 2.30. The molecule has 7 heteroatoms. The fraction of sp³-hybridized carbons (Fsp3) is 0.250. The van der Waals surface area contributed by atoms with E-state index in [0.717, 1.165) is 6.54 Å². The van der Waals surface area contributed by atoms with Crippen LogP contribution >= 0.6 is 0 Å². The van der Waals surface area contributed by atoms with E-state index in [1.54, 1.807) is 0 Å². The van der Waals surface area contributed by atoms with Crippen molar-refractivity contribution >= 4 is 25.1 Å². The maximum atomic E-state index is 9.75. The number of hydrogen-bond donors (Lipinski definition) is 0. The molecule has 1 aromatic carbocycles. The second-order valence-electron chi connectivity index (χ2n) is 8.57. The first-order chi connectivity index (χ1) is 16.6. The summed E-state index contributed by atoms with van der Waals surface area (Å²) in [6, 6.07) is 17.5. The molecule has 0 bridgehead atoms. The zero-order valence-electron chi connectivity index (χ0n) is 20.6. The summed E-state index contributed by atoms with van der Waals surface area (Å²) in [6.45, 7) is 7.85. The SMILES string of the molecule is CCCC[n+]1c(C)c2ccc(/C=C/C=C3/C=Cc4ccccc4N3C)ccc-2c1C.F[B-](F)(F)F. The molecule has 0 amide bonds. The maximum absolute atomic E-state index is 9.75. The van der Waals surface area contributed by atoms with Crippen LogP contribution in [0.5, 0.6) is 0 Å². The summed E-state index contributed by atoms with van der Waals surface area (Å²) in [7, 11) is -3.88. The minimum Gasteiger partial charge on any atom is -0.418 e. The van der Waals surface area contributed by atoms with Crippen LogP contribution in [0.25, 0.3) is 23.3 Å². The Morgan fingerprint density at radius 1 is 0.886 bits per heavy atom. The summed E-state index contributed by atoms with van der Waals surface area (Å²) >= 11 is 0. The van der Waals surface area contributed by atoms with Gasteiger partial charge in [0.25, 0.3) is 0 Å². The lowest BCUT2D eigenvalue weighted by molar-refractivity contribution is -0.704. The van der Waals surface area contributed by atoms with E-state index in [4.69, 9.17) is 0 Å². The molecule has 0 radical (unpaired) electrons. The number of benzene rings is 1. The number of para-hydroxylation sites is 1. The largest absolute Gasteiger partial charge is 0.673 e. The van der Waals surface area contributed by atoms with Crippen molar-refractivity contribution < 1.29 is 21.8 Å². The highest BCUT2D eigenvalue weighted by molar-refractivity contribution is 6.50. The predicted molar refractivity (Wildman–Crippen MR) is 139 cm³/mol. The Hall–Kier alpha value is -3.35. The molecule has 0 atom stereocenters. The van der Waals surface area contributed by atoms with E-state index < -0.39 is 7.25 Å². The predicted octanol–water partition coefficient (Wildman–Crippen LogP) is 7.86. The van der Waals surface area contributed by atoms with Crippen LogP contribution in [0.2, 0.25) is 0 Å². The third-order valence-electron chi connectivity index (χ3n) is 6.17. The molecule has 4 rings (SSSR count). The lowest BCUT2D eigenvalue weighted by Gasteiger charge is -2.26. The molecule has 0 fully saturated rings. The standard InChI is InChI=1S/C28H31N2.BF4/c1-5-6-20-30-21(2)26-18-14-23(15-19-27(26)22(30)3)10-9-12-25-17-16-24-11-7-8-13-28(24)29(25)4;2-1(3,4)5/h7-19H,5-6,20H2,1-4H3;/q+1;-1. The van der Waals surface area contributed by atoms with Gasteiger partial charge in [0.2, 0.25) is 0 Å². The summed E-state index contributed by atoms with van der Waals surface area (Å²) in [6.07, 6.45) is 13.3. The third-order valence-corrected chi connectivity index (χ3v) is 6.17. The van der Waals surface area contributed by atoms with E-state index in [-0.39, 0.29) is 0 Å². The van der Waals surface area contributed by atoms with Gasteiger partial charge in [0.1, 0.15) is 6.54 Å². The van der Waals surface area contributed by atoms with Crippen LogP contribution in [0.4, 0.5) is 23.0 Å². The van der Waals surface area contributed by atoms with Gasteiger partial charge < -0.3 is 22.2 Å². The molecular weight excluding hydrogens is 451 g/mol. The average molecular weight is 482 g/mol. The van der Waals surface area contributed by atoms with Crippen LogP contribution in [0.3, 0.4) is 0 Å². The zero-order valence-corrected chi connectivity index (χ0v) is 20.6. The molecule has 184 valence electrons. The summed E-state index contributed by atoms with van der Waals surface area (Å²) in [5.41, 5.74) is 10.4. The molecule has 2 heterocycles. The van der Waals surface area contributed by atoms with Crippen LogP contribution in [-0.4, -0.2) is 14.3 Å². The van der Waals surface area contributed by atoms with Gasteiger partial charge in [0.05, 0.1) is 11.1 Å². The zero-order chi connectivity index (χ0) is 25.6. The molecule has 2 nitrogen and oxygen atoms in total. The molecule has 35 heavy (non-hydrogen) atoms. The Balaban J connectivity index is 0.000000623. The van der Waals surface area contributed by atoms with Crippen molar-refractivity contribution in [2.75, 3.05) is 11.9 Å². The second-order valence-corrected chi connectivity index (χ2v) is 8.57. The average Bonchev–Trinajstić information content (AvgIpc) is 2.93. The number of anilines is 1. The molecule has 1 aromatic rings. The molecular formula is C28H31BF4N2. The first-order valence-electron chi connectivity index (χ1n) is 11.8. The van der Waals surface area contributed by atoms with Crippen molar-refractivity contribution in [1.82, 2.24) is 0 Å². The number of hydrogen-bond acceptors (Lipinski definition) is 1. The quantitative estimate of drug-likeness (QED) is 0.204. The van der Waals surface area contributed by atoms with E-state index in [1.165, 1.54) is 57.9 Å². The van der Waals surface area contributed by atoms with Crippen molar-refractivity contribution in [2.45, 2.75) is 40.2 Å². The van der Waals surface area contributed by atoms with E-state index in [2.05, 4.69) is 116 Å². The minimum absolute atomic E-state index is 1.11. The fourth-order valence-corrected chi connectivity index (χ4v) is 4.32. The summed E-state index contributed by atoms with van der Waals surface area (Å²) < 4.78 is 41.5. The van der Waals surface area contributed by atoms with Crippen molar-refractivity contribution in [1.29, 1.82) is 0 Å². The van der Waals surface area contributed by atoms with Crippen LogP contribution in [0, 0.1) is 13.8 Å². The highest BCUT2D eigenvalue weighted by atomic mass is 19.5. The Kier molecular flexibility index (Phi) is 8.55. The normalized spacial score (nSPS) is 14.4. The number of unbranched alkanes of at least 4 members (excludes halogenated alkanes) is 1. The fourth-order valence-electron chi connectivity index (χ4n) is 4.32. The molecule has 0 saturated heterocycles. The number of likely N-dealkylation sites (N-methyl/N-ethyl adjacent to an activating group) is 1.